The molecule has 3 heteroatoms. The molecule has 1 aliphatic carbocycles. The Morgan fingerprint density at radius 2 is 2.06 bits per heavy atom. The number of nitrogens with one attached hydrogen (secondary N) is 1. The van der Waals surface area contributed by atoms with Crippen molar-refractivity contribution in [3.63, 3.8) is 0 Å². The van der Waals surface area contributed by atoms with Gasteiger partial charge in [0.05, 0.1) is 11.8 Å². The molecule has 0 fully saturated rings. The van der Waals surface area contributed by atoms with Gasteiger partial charge in [-0.05, 0) is 48.6 Å². The van der Waals surface area contributed by atoms with E-state index < -0.39 is 0 Å². The number of rotatable bonds is 2. The first-order chi connectivity index (χ1) is 8.33. The van der Waals surface area contributed by atoms with Crippen molar-refractivity contribution >= 4 is 11.6 Å². The Balaban J connectivity index is 1.80. The van der Waals surface area contributed by atoms with E-state index in [-0.39, 0.29) is 5.91 Å². The van der Waals surface area contributed by atoms with Crippen molar-refractivity contribution in [1.29, 1.82) is 0 Å². The lowest BCUT2D eigenvalue weighted by molar-refractivity contribution is 0.102. The van der Waals surface area contributed by atoms with Gasteiger partial charge in [0.1, 0.15) is 6.26 Å². The molecule has 3 nitrogen and oxygen atoms in total. The molecule has 0 atom stereocenters. The van der Waals surface area contributed by atoms with E-state index in [9.17, 15) is 4.79 Å². The van der Waals surface area contributed by atoms with Crippen LogP contribution in [0.15, 0.2) is 41.2 Å². The Labute approximate surface area is 99.4 Å². The average Bonchev–Trinajstić information content (AvgIpc) is 2.99. The molecule has 2 aromatic rings. The van der Waals surface area contributed by atoms with Crippen LogP contribution in [0.3, 0.4) is 0 Å². The Kier molecular flexibility index (Phi) is 2.44. The van der Waals surface area contributed by atoms with Crippen LogP contribution in [0.5, 0.6) is 0 Å². The number of hydrogen-bond acceptors (Lipinski definition) is 2. The first-order valence-corrected chi connectivity index (χ1v) is 5.78. The van der Waals surface area contributed by atoms with Crippen molar-refractivity contribution in [3.8, 4) is 0 Å². The van der Waals surface area contributed by atoms with Crippen molar-refractivity contribution in [2.45, 2.75) is 19.3 Å². The van der Waals surface area contributed by atoms with Gasteiger partial charge in [-0.1, -0.05) is 6.07 Å². The minimum absolute atomic E-state index is 0.128. The maximum Gasteiger partial charge on any atom is 0.258 e. The molecule has 0 bridgehead atoms. The molecule has 0 spiro atoms. The molecule has 0 saturated carbocycles. The summed E-state index contributed by atoms with van der Waals surface area (Å²) in [5, 5.41) is 2.88. The van der Waals surface area contributed by atoms with Gasteiger partial charge < -0.3 is 9.73 Å². The number of furan rings is 1. The van der Waals surface area contributed by atoms with Crippen molar-refractivity contribution in [1.82, 2.24) is 0 Å². The maximum absolute atomic E-state index is 11.8. The fourth-order valence-corrected chi connectivity index (χ4v) is 2.25. The van der Waals surface area contributed by atoms with Crippen LogP contribution in [-0.2, 0) is 12.8 Å². The Morgan fingerprint density at radius 3 is 2.88 bits per heavy atom. The Morgan fingerprint density at radius 1 is 1.18 bits per heavy atom. The van der Waals surface area contributed by atoms with Crippen LogP contribution in [0, 0.1) is 0 Å². The van der Waals surface area contributed by atoms with Crippen LogP contribution in [-0.4, -0.2) is 5.91 Å². The van der Waals surface area contributed by atoms with E-state index in [1.165, 1.54) is 30.1 Å². The summed E-state index contributed by atoms with van der Waals surface area (Å²) < 4.78 is 4.89. The van der Waals surface area contributed by atoms with E-state index in [4.69, 9.17) is 4.42 Å². The molecule has 3 rings (SSSR count). The number of carbonyl (C=O) groups is 1. The summed E-state index contributed by atoms with van der Waals surface area (Å²) in [5.74, 6) is -0.128. The van der Waals surface area contributed by atoms with Gasteiger partial charge in [-0.2, -0.15) is 0 Å². The third-order valence-electron chi connectivity index (χ3n) is 3.14. The molecule has 1 aliphatic rings. The number of anilines is 1. The molecule has 0 saturated heterocycles. The molecule has 1 N–H and O–H groups in total. The predicted octanol–water partition coefficient (Wildman–Crippen LogP) is 3.02. The number of amides is 1. The SMILES string of the molecule is O=C(Nc1ccc2c(c1)CCC2)c1ccoc1. The van der Waals surface area contributed by atoms with Crippen LogP contribution in [0.25, 0.3) is 0 Å². The summed E-state index contributed by atoms with van der Waals surface area (Å²) in [6.07, 6.45) is 6.44. The van der Waals surface area contributed by atoms with E-state index in [0.29, 0.717) is 5.56 Å². The van der Waals surface area contributed by atoms with E-state index in [1.807, 2.05) is 6.07 Å². The predicted molar refractivity (Wildman–Crippen MR) is 65.1 cm³/mol. The smallest absolute Gasteiger partial charge is 0.258 e. The molecule has 0 radical (unpaired) electrons. The van der Waals surface area contributed by atoms with Crippen LogP contribution in [0.4, 0.5) is 5.69 Å². The number of fused-ring (bicyclic) bond motifs is 1. The van der Waals surface area contributed by atoms with Crippen molar-refractivity contribution in [3.05, 3.63) is 53.5 Å². The third kappa shape index (κ3) is 1.96. The van der Waals surface area contributed by atoms with E-state index in [1.54, 1.807) is 6.07 Å². The zero-order valence-electron chi connectivity index (χ0n) is 9.40. The number of hydrogen-bond donors (Lipinski definition) is 1. The van der Waals surface area contributed by atoms with Crippen molar-refractivity contribution < 1.29 is 9.21 Å². The van der Waals surface area contributed by atoms with Gasteiger partial charge in [-0.15, -0.1) is 0 Å². The lowest BCUT2D eigenvalue weighted by Gasteiger charge is -2.06. The fraction of sp³-hybridized carbons (Fsp3) is 0.214. The summed E-state index contributed by atoms with van der Waals surface area (Å²) in [4.78, 5) is 11.8. The van der Waals surface area contributed by atoms with E-state index in [2.05, 4.69) is 17.4 Å². The van der Waals surface area contributed by atoms with Gasteiger partial charge in [0, 0.05) is 5.69 Å². The van der Waals surface area contributed by atoms with Gasteiger partial charge in [0.15, 0.2) is 0 Å². The molecular formula is C14H13NO2. The molecule has 1 aromatic carbocycles. The average molecular weight is 227 g/mol. The standard InChI is InChI=1S/C14H13NO2/c16-14(12-6-7-17-9-12)15-13-5-4-10-2-1-3-11(10)8-13/h4-9H,1-3H2,(H,15,16). The Hall–Kier alpha value is -2.03. The second-order valence-corrected chi connectivity index (χ2v) is 4.30. The number of benzene rings is 1. The molecule has 1 amide bonds. The second-order valence-electron chi connectivity index (χ2n) is 4.30. The highest BCUT2D eigenvalue weighted by Crippen LogP contribution is 2.25. The summed E-state index contributed by atoms with van der Waals surface area (Å²) >= 11 is 0. The third-order valence-corrected chi connectivity index (χ3v) is 3.14. The van der Waals surface area contributed by atoms with Gasteiger partial charge in [-0.25, -0.2) is 0 Å². The lowest BCUT2D eigenvalue weighted by atomic mass is 10.1. The van der Waals surface area contributed by atoms with Crippen molar-refractivity contribution in [2.24, 2.45) is 0 Å². The highest BCUT2D eigenvalue weighted by molar-refractivity contribution is 6.04. The van der Waals surface area contributed by atoms with Gasteiger partial charge in [-0.3, -0.25) is 4.79 Å². The summed E-state index contributed by atoms with van der Waals surface area (Å²) in [6, 6.07) is 7.79. The second kappa shape index (κ2) is 4.09. The minimum atomic E-state index is -0.128. The minimum Gasteiger partial charge on any atom is -0.472 e. The lowest BCUT2D eigenvalue weighted by Crippen LogP contribution is -2.10. The maximum atomic E-state index is 11.8. The fourth-order valence-electron chi connectivity index (χ4n) is 2.25. The molecular weight excluding hydrogens is 214 g/mol. The number of carbonyl (C=O) groups excluding carboxylic acids is 1. The van der Waals surface area contributed by atoms with Crippen LogP contribution in [0.2, 0.25) is 0 Å². The zero-order valence-corrected chi connectivity index (χ0v) is 9.40. The van der Waals surface area contributed by atoms with E-state index in [0.717, 1.165) is 18.5 Å². The summed E-state index contributed by atoms with van der Waals surface area (Å²) in [6.45, 7) is 0. The van der Waals surface area contributed by atoms with Crippen LogP contribution < -0.4 is 5.32 Å². The topological polar surface area (TPSA) is 42.2 Å². The van der Waals surface area contributed by atoms with Crippen LogP contribution >= 0.6 is 0 Å². The van der Waals surface area contributed by atoms with Gasteiger partial charge in [0.2, 0.25) is 0 Å². The number of aryl methyl sites for hydroxylation is 2. The molecule has 1 heterocycles. The molecule has 0 aliphatic heterocycles. The van der Waals surface area contributed by atoms with Crippen LogP contribution in [0.1, 0.15) is 27.9 Å². The summed E-state index contributed by atoms with van der Waals surface area (Å²) in [7, 11) is 0. The molecule has 86 valence electrons. The highest BCUT2D eigenvalue weighted by Gasteiger charge is 2.12. The normalized spacial score (nSPS) is 13.4. The monoisotopic (exact) mass is 227 g/mol. The largest absolute Gasteiger partial charge is 0.472 e. The molecule has 1 aromatic heterocycles. The summed E-state index contributed by atoms with van der Waals surface area (Å²) in [5.41, 5.74) is 4.17. The van der Waals surface area contributed by atoms with E-state index >= 15 is 0 Å². The first-order valence-electron chi connectivity index (χ1n) is 5.78. The molecule has 17 heavy (non-hydrogen) atoms. The quantitative estimate of drug-likeness (QED) is 0.856. The van der Waals surface area contributed by atoms with Gasteiger partial charge in [0.25, 0.3) is 5.91 Å². The first kappa shape index (κ1) is 10.1. The highest BCUT2D eigenvalue weighted by atomic mass is 16.3. The van der Waals surface area contributed by atoms with Crippen molar-refractivity contribution in [2.75, 3.05) is 5.32 Å². The zero-order chi connectivity index (χ0) is 11.7. The molecule has 0 unspecified atom stereocenters. The Bertz CT molecular complexity index is 543. The van der Waals surface area contributed by atoms with Gasteiger partial charge >= 0.3 is 0 Å².